The Labute approximate surface area is 98.9 Å². The summed E-state index contributed by atoms with van der Waals surface area (Å²) in [6.07, 6.45) is 1.48. The van der Waals surface area contributed by atoms with E-state index in [1.165, 1.54) is 0 Å². The lowest BCUT2D eigenvalue weighted by atomic mass is 9.83. The third kappa shape index (κ3) is 1.41. The number of carbonyl (C=O) groups is 2. The largest absolute Gasteiger partial charge is 0.298 e. The normalized spacial score (nSPS) is 12.8. The second-order valence-corrected chi connectivity index (χ2v) is 4.16. The van der Waals surface area contributed by atoms with Gasteiger partial charge in [0, 0.05) is 16.7 Å². The van der Waals surface area contributed by atoms with Gasteiger partial charge in [0.2, 0.25) is 0 Å². The highest BCUT2D eigenvalue weighted by Gasteiger charge is 2.24. The first-order valence-electron chi connectivity index (χ1n) is 5.51. The molecule has 0 radical (unpaired) electrons. The first-order chi connectivity index (χ1) is 8.31. The zero-order valence-electron chi connectivity index (χ0n) is 9.14. The molecular formula is C15H10O2. The smallest absolute Gasteiger partial charge is 0.194 e. The van der Waals surface area contributed by atoms with E-state index in [2.05, 4.69) is 0 Å². The van der Waals surface area contributed by atoms with Gasteiger partial charge in [-0.1, -0.05) is 42.5 Å². The van der Waals surface area contributed by atoms with E-state index in [0.717, 1.165) is 23.8 Å². The van der Waals surface area contributed by atoms with E-state index in [1.54, 1.807) is 6.07 Å². The van der Waals surface area contributed by atoms with Crippen molar-refractivity contribution in [3.05, 3.63) is 70.3 Å². The molecule has 82 valence electrons. The number of aldehydes is 1. The highest BCUT2D eigenvalue weighted by atomic mass is 16.1. The molecule has 17 heavy (non-hydrogen) atoms. The molecule has 0 atom stereocenters. The number of fused-ring (bicyclic) bond motifs is 2. The van der Waals surface area contributed by atoms with E-state index in [0.29, 0.717) is 16.7 Å². The molecule has 0 N–H and O–H groups in total. The van der Waals surface area contributed by atoms with Gasteiger partial charge in [-0.05, 0) is 17.5 Å². The summed E-state index contributed by atoms with van der Waals surface area (Å²) in [6, 6.07) is 13.0. The Kier molecular flexibility index (Phi) is 2.15. The maximum absolute atomic E-state index is 12.3. The first-order valence-corrected chi connectivity index (χ1v) is 5.51. The van der Waals surface area contributed by atoms with Gasteiger partial charge in [-0.25, -0.2) is 0 Å². The van der Waals surface area contributed by atoms with Crippen molar-refractivity contribution in [1.29, 1.82) is 0 Å². The molecule has 0 aliphatic heterocycles. The molecule has 2 heteroatoms. The predicted molar refractivity (Wildman–Crippen MR) is 64.5 cm³/mol. The first kappa shape index (κ1) is 9.97. The van der Waals surface area contributed by atoms with Crippen LogP contribution in [0.2, 0.25) is 0 Å². The van der Waals surface area contributed by atoms with Crippen LogP contribution in [0.1, 0.15) is 37.4 Å². The maximum atomic E-state index is 12.3. The Bertz CT molecular complexity index is 627. The van der Waals surface area contributed by atoms with Gasteiger partial charge >= 0.3 is 0 Å². The molecule has 0 aromatic heterocycles. The number of ketones is 1. The fraction of sp³-hybridized carbons (Fsp3) is 0.0667. The summed E-state index contributed by atoms with van der Waals surface area (Å²) in [5.41, 5.74) is 3.75. The van der Waals surface area contributed by atoms with Crippen molar-refractivity contribution in [3.63, 3.8) is 0 Å². The van der Waals surface area contributed by atoms with Crippen LogP contribution in [0.3, 0.4) is 0 Å². The lowest BCUT2D eigenvalue weighted by Gasteiger charge is -2.19. The lowest BCUT2D eigenvalue weighted by molar-refractivity contribution is 0.102. The molecule has 0 bridgehead atoms. The molecule has 2 aromatic carbocycles. The Hall–Kier alpha value is -2.22. The van der Waals surface area contributed by atoms with Crippen molar-refractivity contribution in [2.24, 2.45) is 0 Å². The molecule has 0 heterocycles. The summed E-state index contributed by atoms with van der Waals surface area (Å²) >= 11 is 0. The van der Waals surface area contributed by atoms with Crippen molar-refractivity contribution in [1.82, 2.24) is 0 Å². The minimum absolute atomic E-state index is 0.0375. The molecule has 0 amide bonds. The minimum Gasteiger partial charge on any atom is -0.298 e. The van der Waals surface area contributed by atoms with E-state index in [4.69, 9.17) is 0 Å². The van der Waals surface area contributed by atoms with Crippen molar-refractivity contribution < 1.29 is 9.59 Å². The SMILES string of the molecule is O=Cc1cccc2c1C(=O)c1ccccc1C2. The van der Waals surface area contributed by atoms with Gasteiger partial charge in [0.1, 0.15) is 0 Å². The fourth-order valence-electron chi connectivity index (χ4n) is 2.38. The van der Waals surface area contributed by atoms with Crippen LogP contribution in [0.4, 0.5) is 0 Å². The summed E-state index contributed by atoms with van der Waals surface area (Å²) < 4.78 is 0. The van der Waals surface area contributed by atoms with Crippen LogP contribution in [0.25, 0.3) is 0 Å². The summed E-state index contributed by atoms with van der Waals surface area (Å²) in [4.78, 5) is 23.3. The predicted octanol–water partition coefficient (Wildman–Crippen LogP) is 2.63. The molecular weight excluding hydrogens is 212 g/mol. The van der Waals surface area contributed by atoms with E-state index < -0.39 is 0 Å². The molecule has 0 fully saturated rings. The highest BCUT2D eigenvalue weighted by Crippen LogP contribution is 2.28. The monoisotopic (exact) mass is 222 g/mol. The minimum atomic E-state index is -0.0375. The maximum Gasteiger partial charge on any atom is 0.194 e. The summed E-state index contributed by atoms with van der Waals surface area (Å²) in [6.45, 7) is 0. The van der Waals surface area contributed by atoms with Gasteiger partial charge in [0.05, 0.1) is 0 Å². The second-order valence-electron chi connectivity index (χ2n) is 4.16. The Balaban J connectivity index is 2.27. The number of benzene rings is 2. The molecule has 1 aliphatic carbocycles. The number of rotatable bonds is 1. The van der Waals surface area contributed by atoms with E-state index in [9.17, 15) is 9.59 Å². The van der Waals surface area contributed by atoms with Crippen molar-refractivity contribution in [2.75, 3.05) is 0 Å². The summed E-state index contributed by atoms with van der Waals surface area (Å²) in [5, 5.41) is 0. The van der Waals surface area contributed by atoms with Crippen LogP contribution in [0.5, 0.6) is 0 Å². The van der Waals surface area contributed by atoms with Crippen LogP contribution in [0, 0.1) is 0 Å². The quantitative estimate of drug-likeness (QED) is 0.593. The van der Waals surface area contributed by atoms with Crippen molar-refractivity contribution >= 4 is 12.1 Å². The number of carbonyl (C=O) groups excluding carboxylic acids is 2. The van der Waals surface area contributed by atoms with Crippen LogP contribution in [-0.4, -0.2) is 12.1 Å². The summed E-state index contributed by atoms with van der Waals surface area (Å²) in [5.74, 6) is -0.0375. The molecule has 0 saturated heterocycles. The van der Waals surface area contributed by atoms with E-state index >= 15 is 0 Å². The van der Waals surface area contributed by atoms with Gasteiger partial charge in [-0.3, -0.25) is 9.59 Å². The van der Waals surface area contributed by atoms with E-state index in [-0.39, 0.29) is 5.78 Å². The third-order valence-electron chi connectivity index (χ3n) is 3.18. The topological polar surface area (TPSA) is 34.1 Å². The Morgan fingerprint density at radius 1 is 0.941 bits per heavy atom. The molecule has 0 unspecified atom stereocenters. The van der Waals surface area contributed by atoms with E-state index in [1.807, 2.05) is 36.4 Å². The van der Waals surface area contributed by atoms with Crippen molar-refractivity contribution in [2.45, 2.75) is 6.42 Å². The summed E-state index contributed by atoms with van der Waals surface area (Å²) in [7, 11) is 0. The van der Waals surface area contributed by atoms with Crippen LogP contribution >= 0.6 is 0 Å². The zero-order chi connectivity index (χ0) is 11.8. The van der Waals surface area contributed by atoms with Crippen molar-refractivity contribution in [3.8, 4) is 0 Å². The molecule has 2 aromatic rings. The lowest BCUT2D eigenvalue weighted by Crippen LogP contribution is -2.17. The van der Waals surface area contributed by atoms with Gasteiger partial charge in [-0.15, -0.1) is 0 Å². The van der Waals surface area contributed by atoms with Gasteiger partial charge in [0.15, 0.2) is 12.1 Å². The van der Waals surface area contributed by atoms with Crippen LogP contribution < -0.4 is 0 Å². The number of hydrogen-bond acceptors (Lipinski definition) is 2. The molecule has 0 saturated carbocycles. The Morgan fingerprint density at radius 3 is 2.53 bits per heavy atom. The highest BCUT2D eigenvalue weighted by molar-refractivity contribution is 6.15. The molecule has 3 rings (SSSR count). The van der Waals surface area contributed by atoms with Crippen LogP contribution in [-0.2, 0) is 6.42 Å². The zero-order valence-corrected chi connectivity index (χ0v) is 9.14. The second kappa shape index (κ2) is 3.67. The molecule has 1 aliphatic rings. The van der Waals surface area contributed by atoms with Gasteiger partial charge in [-0.2, -0.15) is 0 Å². The number of hydrogen-bond donors (Lipinski definition) is 0. The molecule has 0 spiro atoms. The standard InChI is InChI=1S/C15H10O2/c16-9-12-6-3-5-11-8-10-4-1-2-7-13(10)15(17)14(11)12/h1-7,9H,8H2. The average molecular weight is 222 g/mol. The fourth-order valence-corrected chi connectivity index (χ4v) is 2.38. The van der Waals surface area contributed by atoms with Crippen LogP contribution in [0.15, 0.2) is 42.5 Å². The Morgan fingerprint density at radius 2 is 1.71 bits per heavy atom. The third-order valence-corrected chi connectivity index (χ3v) is 3.18. The van der Waals surface area contributed by atoms with Gasteiger partial charge in [0.25, 0.3) is 0 Å². The van der Waals surface area contributed by atoms with Gasteiger partial charge < -0.3 is 0 Å². The average Bonchev–Trinajstić information content (AvgIpc) is 2.38. The molecule has 2 nitrogen and oxygen atoms in total.